The van der Waals surface area contributed by atoms with Crippen molar-refractivity contribution in [1.29, 1.82) is 0 Å². The van der Waals surface area contributed by atoms with E-state index in [4.69, 9.17) is 0 Å². The van der Waals surface area contributed by atoms with Gasteiger partial charge in [-0.1, -0.05) is 0 Å². The van der Waals surface area contributed by atoms with Crippen molar-refractivity contribution in [2.45, 2.75) is 43.6 Å². The van der Waals surface area contributed by atoms with Crippen LogP contribution in [0.3, 0.4) is 0 Å². The molecule has 0 saturated carbocycles. The molecule has 1 heterocycles. The van der Waals surface area contributed by atoms with Crippen LogP contribution in [0.2, 0.25) is 0 Å². The lowest BCUT2D eigenvalue weighted by molar-refractivity contribution is -0.139. The van der Waals surface area contributed by atoms with E-state index in [9.17, 15) is 13.2 Å². The SMILES string of the molecule is Cc1cc(C(F)(F)F)c(SNC(C)(C)C)s1. The van der Waals surface area contributed by atoms with Gasteiger partial charge in [0.25, 0.3) is 0 Å². The van der Waals surface area contributed by atoms with Crippen LogP contribution >= 0.6 is 23.3 Å². The molecule has 16 heavy (non-hydrogen) atoms. The number of halogens is 3. The highest BCUT2D eigenvalue weighted by Crippen LogP contribution is 2.41. The first-order valence-corrected chi connectivity index (χ1v) is 6.34. The van der Waals surface area contributed by atoms with E-state index in [0.29, 0.717) is 4.88 Å². The van der Waals surface area contributed by atoms with Crippen molar-refractivity contribution in [3.63, 3.8) is 0 Å². The molecule has 6 heteroatoms. The fraction of sp³-hybridized carbons (Fsp3) is 0.600. The van der Waals surface area contributed by atoms with Gasteiger partial charge >= 0.3 is 6.18 Å². The van der Waals surface area contributed by atoms with E-state index in [-0.39, 0.29) is 9.75 Å². The summed E-state index contributed by atoms with van der Waals surface area (Å²) in [7, 11) is 0. The van der Waals surface area contributed by atoms with Crippen LogP contribution in [0, 0.1) is 6.92 Å². The molecular formula is C10H14F3NS2. The van der Waals surface area contributed by atoms with Crippen molar-refractivity contribution < 1.29 is 13.2 Å². The molecule has 92 valence electrons. The topological polar surface area (TPSA) is 12.0 Å². The first kappa shape index (κ1) is 13.9. The van der Waals surface area contributed by atoms with Crippen molar-refractivity contribution in [3.8, 4) is 0 Å². The van der Waals surface area contributed by atoms with Crippen LogP contribution in [0.15, 0.2) is 10.3 Å². The summed E-state index contributed by atoms with van der Waals surface area (Å²) in [6, 6.07) is 1.19. The van der Waals surface area contributed by atoms with Crippen LogP contribution in [0.4, 0.5) is 13.2 Å². The quantitative estimate of drug-likeness (QED) is 0.795. The van der Waals surface area contributed by atoms with Crippen molar-refractivity contribution in [2.24, 2.45) is 0 Å². The van der Waals surface area contributed by atoms with Crippen molar-refractivity contribution in [3.05, 3.63) is 16.5 Å². The number of thiophene rings is 1. The molecule has 0 unspecified atom stereocenters. The number of hydrogen-bond acceptors (Lipinski definition) is 3. The molecule has 0 fully saturated rings. The van der Waals surface area contributed by atoms with Crippen LogP contribution in [-0.4, -0.2) is 5.54 Å². The zero-order chi connectivity index (χ0) is 12.6. The summed E-state index contributed by atoms with van der Waals surface area (Å²) in [4.78, 5) is 0.672. The Morgan fingerprint density at radius 3 is 2.25 bits per heavy atom. The molecule has 0 saturated heterocycles. The van der Waals surface area contributed by atoms with Crippen LogP contribution < -0.4 is 4.72 Å². The van der Waals surface area contributed by atoms with Crippen LogP contribution in [-0.2, 0) is 6.18 Å². The summed E-state index contributed by atoms with van der Waals surface area (Å²) in [5.74, 6) is 0. The van der Waals surface area contributed by atoms with E-state index in [1.54, 1.807) is 6.92 Å². The largest absolute Gasteiger partial charge is 0.418 e. The molecule has 1 aromatic heterocycles. The third-order valence-corrected chi connectivity index (χ3v) is 4.04. The second-order valence-electron chi connectivity index (χ2n) is 4.51. The average Bonchev–Trinajstić information content (AvgIpc) is 2.41. The lowest BCUT2D eigenvalue weighted by atomic mass is 10.1. The fourth-order valence-electron chi connectivity index (χ4n) is 0.966. The molecule has 0 radical (unpaired) electrons. The maximum atomic E-state index is 12.6. The smallest absolute Gasteiger partial charge is 0.254 e. The van der Waals surface area contributed by atoms with Gasteiger partial charge in [-0.2, -0.15) is 13.2 Å². The van der Waals surface area contributed by atoms with E-state index in [1.165, 1.54) is 6.07 Å². The van der Waals surface area contributed by atoms with E-state index < -0.39 is 11.7 Å². The molecule has 0 spiro atoms. The van der Waals surface area contributed by atoms with Gasteiger partial charge in [-0.3, -0.25) is 4.72 Å². The summed E-state index contributed by atoms with van der Waals surface area (Å²) >= 11 is 2.21. The predicted molar refractivity (Wildman–Crippen MR) is 62.8 cm³/mol. The molecule has 1 rings (SSSR count). The highest BCUT2D eigenvalue weighted by Gasteiger charge is 2.35. The van der Waals surface area contributed by atoms with Gasteiger partial charge in [-0.05, 0) is 45.7 Å². The summed E-state index contributed by atoms with van der Waals surface area (Å²) in [5.41, 5.74) is -0.762. The van der Waals surface area contributed by atoms with Gasteiger partial charge < -0.3 is 0 Å². The summed E-state index contributed by atoms with van der Waals surface area (Å²) in [6.07, 6.45) is -4.27. The maximum absolute atomic E-state index is 12.6. The average molecular weight is 269 g/mol. The lowest BCUT2D eigenvalue weighted by Crippen LogP contribution is -2.29. The molecule has 0 aliphatic heterocycles. The minimum absolute atomic E-state index is 0.217. The van der Waals surface area contributed by atoms with Crippen LogP contribution in [0.5, 0.6) is 0 Å². The first-order chi connectivity index (χ1) is 7.09. The predicted octanol–water partition coefficient (Wildman–Crippen LogP) is 4.47. The van der Waals surface area contributed by atoms with Gasteiger partial charge in [0.2, 0.25) is 0 Å². The molecule has 0 aromatic carbocycles. The normalized spacial score (nSPS) is 13.2. The van der Waals surface area contributed by atoms with Gasteiger partial charge in [0, 0.05) is 10.4 Å². The van der Waals surface area contributed by atoms with Crippen molar-refractivity contribution in [1.82, 2.24) is 4.72 Å². The third kappa shape index (κ3) is 3.99. The summed E-state index contributed by atoms with van der Waals surface area (Å²) in [5, 5.41) is 0. The number of hydrogen-bond donors (Lipinski definition) is 1. The molecule has 1 aromatic rings. The monoisotopic (exact) mass is 269 g/mol. The number of nitrogens with one attached hydrogen (secondary N) is 1. The van der Waals surface area contributed by atoms with Crippen molar-refractivity contribution in [2.75, 3.05) is 0 Å². The Bertz CT molecular complexity index is 363. The Balaban J connectivity index is 2.88. The molecule has 1 nitrogen and oxygen atoms in total. The standard InChI is InChI=1S/C10H14F3NS2/c1-6-5-7(10(11,12)13)8(15-6)16-14-9(2,3)4/h5,14H,1-4H3. The molecular weight excluding hydrogens is 255 g/mol. The highest BCUT2D eigenvalue weighted by molar-refractivity contribution is 7.99. The second-order valence-corrected chi connectivity index (χ2v) is 6.84. The van der Waals surface area contributed by atoms with Gasteiger partial charge in [0.05, 0.1) is 9.77 Å². The Labute approximate surface area is 102 Å². The second kappa shape index (κ2) is 4.58. The van der Waals surface area contributed by atoms with Gasteiger partial charge in [-0.15, -0.1) is 11.3 Å². The zero-order valence-corrected chi connectivity index (χ0v) is 11.2. The Morgan fingerprint density at radius 2 is 1.81 bits per heavy atom. The maximum Gasteiger partial charge on any atom is 0.418 e. The Hall–Kier alpha value is -0.200. The zero-order valence-electron chi connectivity index (χ0n) is 9.53. The fourth-order valence-corrected chi connectivity index (χ4v) is 3.09. The minimum Gasteiger partial charge on any atom is -0.254 e. The lowest BCUT2D eigenvalue weighted by Gasteiger charge is -2.19. The van der Waals surface area contributed by atoms with E-state index >= 15 is 0 Å². The molecule has 0 aliphatic rings. The van der Waals surface area contributed by atoms with Crippen LogP contribution in [0.25, 0.3) is 0 Å². The number of alkyl halides is 3. The Kier molecular flexibility index (Phi) is 3.97. The minimum atomic E-state index is -4.27. The molecule has 1 N–H and O–H groups in total. The molecule has 0 bridgehead atoms. The van der Waals surface area contributed by atoms with E-state index in [1.807, 2.05) is 20.8 Å². The van der Waals surface area contributed by atoms with Gasteiger partial charge in [0.15, 0.2) is 0 Å². The van der Waals surface area contributed by atoms with Gasteiger partial charge in [-0.25, -0.2) is 0 Å². The number of aryl methyl sites for hydroxylation is 1. The summed E-state index contributed by atoms with van der Waals surface area (Å²) < 4.78 is 41.2. The highest BCUT2D eigenvalue weighted by atomic mass is 32.2. The molecule has 0 atom stereocenters. The van der Waals surface area contributed by atoms with E-state index in [0.717, 1.165) is 23.3 Å². The van der Waals surface area contributed by atoms with Crippen molar-refractivity contribution >= 4 is 23.3 Å². The van der Waals surface area contributed by atoms with E-state index in [2.05, 4.69) is 4.72 Å². The molecule has 0 aliphatic carbocycles. The Morgan fingerprint density at radius 1 is 1.25 bits per heavy atom. The third-order valence-electron chi connectivity index (χ3n) is 1.58. The van der Waals surface area contributed by atoms with Gasteiger partial charge in [0.1, 0.15) is 0 Å². The van der Waals surface area contributed by atoms with Crippen LogP contribution in [0.1, 0.15) is 31.2 Å². The molecule has 0 amide bonds. The first-order valence-electron chi connectivity index (χ1n) is 4.71. The number of rotatable bonds is 2. The summed E-state index contributed by atoms with van der Waals surface area (Å²) in [6.45, 7) is 7.41.